The maximum Gasteiger partial charge on any atom is 0.239 e. The lowest BCUT2D eigenvalue weighted by atomic mass is 9.55. The number of hydrogen-bond acceptors (Lipinski definition) is 2. The number of amides is 2. The molecule has 1 aliphatic heterocycles. The molecule has 1 fully saturated rings. The first-order valence-electron chi connectivity index (χ1n) is 9.85. The van der Waals surface area contributed by atoms with Crippen LogP contribution in [0, 0.1) is 18.8 Å². The van der Waals surface area contributed by atoms with Crippen molar-refractivity contribution in [1.29, 1.82) is 0 Å². The molecule has 0 radical (unpaired) electrons. The van der Waals surface area contributed by atoms with Crippen molar-refractivity contribution in [3.63, 3.8) is 0 Å². The highest BCUT2D eigenvalue weighted by atomic mass is 79.9. The number of hydrogen-bond donors (Lipinski definition) is 0. The highest BCUT2D eigenvalue weighted by Crippen LogP contribution is 2.66. The molecule has 142 valence electrons. The highest BCUT2D eigenvalue weighted by Gasteiger charge is 2.67. The number of aryl methyl sites for hydroxylation is 1. The summed E-state index contributed by atoms with van der Waals surface area (Å²) >= 11 is 4.02. The molecule has 0 aromatic heterocycles. The van der Waals surface area contributed by atoms with E-state index in [0.717, 1.165) is 27.8 Å². The van der Waals surface area contributed by atoms with Crippen LogP contribution in [0.25, 0.3) is 0 Å². The largest absolute Gasteiger partial charge is 0.274 e. The van der Waals surface area contributed by atoms with Crippen LogP contribution in [0.15, 0.2) is 72.8 Å². The van der Waals surface area contributed by atoms with Gasteiger partial charge in [0.25, 0.3) is 0 Å². The van der Waals surface area contributed by atoms with Gasteiger partial charge in [0, 0.05) is 5.92 Å². The van der Waals surface area contributed by atoms with Crippen molar-refractivity contribution in [3.05, 3.63) is 101 Å². The fourth-order valence-corrected chi connectivity index (χ4v) is 6.90. The van der Waals surface area contributed by atoms with Crippen LogP contribution in [0.4, 0.5) is 5.69 Å². The van der Waals surface area contributed by atoms with Crippen LogP contribution in [-0.4, -0.2) is 11.8 Å². The molecule has 3 aromatic carbocycles. The highest BCUT2D eigenvalue weighted by molar-refractivity contribution is 9.09. The van der Waals surface area contributed by atoms with E-state index < -0.39 is 16.2 Å². The predicted molar refractivity (Wildman–Crippen MR) is 115 cm³/mol. The van der Waals surface area contributed by atoms with Crippen molar-refractivity contribution >= 4 is 33.4 Å². The summed E-state index contributed by atoms with van der Waals surface area (Å²) in [6, 6.07) is 24.1. The molecule has 0 saturated carbocycles. The van der Waals surface area contributed by atoms with Crippen molar-refractivity contribution in [3.8, 4) is 0 Å². The van der Waals surface area contributed by atoms with Gasteiger partial charge in [-0.05, 0) is 46.9 Å². The standard InChI is InChI=1S/C25H18BrNO2/c1-14-7-6-8-15(13-14)27-23(28)21-20-16-9-2-4-11-18(16)25(26,22(21)24(27)29)19-12-5-3-10-17(19)20/h2-13,20-22H,1H3/t20?,21-,22+,25?/m0/s1. The summed E-state index contributed by atoms with van der Waals surface area (Å²) in [5.41, 5.74) is 6.21. The van der Waals surface area contributed by atoms with Crippen LogP contribution in [0.3, 0.4) is 0 Å². The SMILES string of the molecule is Cc1cccc(N2C(=O)[C@H]3C4c5ccccc5C(Br)(c5ccccc54)[C@H]3C2=O)c1. The van der Waals surface area contributed by atoms with Crippen molar-refractivity contribution < 1.29 is 9.59 Å². The lowest BCUT2D eigenvalue weighted by Crippen LogP contribution is -2.50. The summed E-state index contributed by atoms with van der Waals surface area (Å²) in [6.45, 7) is 1.98. The summed E-state index contributed by atoms with van der Waals surface area (Å²) in [7, 11) is 0. The van der Waals surface area contributed by atoms with Crippen molar-refractivity contribution in [2.24, 2.45) is 11.8 Å². The number of carbonyl (C=O) groups is 2. The Kier molecular flexibility index (Phi) is 3.35. The lowest BCUT2D eigenvalue weighted by Gasteiger charge is -2.51. The number of benzene rings is 3. The number of rotatable bonds is 1. The topological polar surface area (TPSA) is 37.4 Å². The van der Waals surface area contributed by atoms with E-state index in [-0.39, 0.29) is 17.7 Å². The van der Waals surface area contributed by atoms with Gasteiger partial charge in [0.2, 0.25) is 11.8 Å². The molecule has 0 spiro atoms. The summed E-state index contributed by atoms with van der Waals surface area (Å²) in [5.74, 6) is -1.16. The predicted octanol–water partition coefficient (Wildman–Crippen LogP) is 4.90. The molecular weight excluding hydrogens is 426 g/mol. The molecule has 3 aliphatic carbocycles. The Morgan fingerprint density at radius 2 is 1.45 bits per heavy atom. The van der Waals surface area contributed by atoms with E-state index in [1.54, 1.807) is 0 Å². The minimum Gasteiger partial charge on any atom is -0.274 e. The molecule has 1 saturated heterocycles. The second-order valence-corrected chi connectivity index (χ2v) is 9.47. The number of halogens is 1. The Labute approximate surface area is 177 Å². The minimum absolute atomic E-state index is 0.0940. The van der Waals surface area contributed by atoms with Gasteiger partial charge in [-0.15, -0.1) is 0 Å². The number of alkyl halides is 1. The summed E-state index contributed by atoms with van der Waals surface area (Å²) < 4.78 is -0.690. The second-order valence-electron chi connectivity index (χ2n) is 8.22. The van der Waals surface area contributed by atoms with Crippen LogP contribution in [0.1, 0.15) is 33.7 Å². The molecule has 0 N–H and O–H groups in total. The van der Waals surface area contributed by atoms with Gasteiger partial charge in [0.15, 0.2) is 0 Å². The Balaban J connectivity index is 1.63. The van der Waals surface area contributed by atoms with Crippen molar-refractivity contribution in [1.82, 2.24) is 0 Å². The molecule has 2 bridgehead atoms. The molecule has 4 heteroatoms. The Hall–Kier alpha value is -2.72. The molecule has 0 unspecified atom stereocenters. The van der Waals surface area contributed by atoms with E-state index in [4.69, 9.17) is 0 Å². The zero-order valence-corrected chi connectivity index (χ0v) is 17.4. The average molecular weight is 444 g/mol. The molecule has 4 aliphatic rings. The van der Waals surface area contributed by atoms with Gasteiger partial charge in [-0.1, -0.05) is 76.6 Å². The molecule has 7 rings (SSSR count). The quantitative estimate of drug-likeness (QED) is 0.396. The Morgan fingerprint density at radius 3 is 2.07 bits per heavy atom. The van der Waals surface area contributed by atoms with Gasteiger partial charge in [0.1, 0.15) is 0 Å². The van der Waals surface area contributed by atoms with E-state index in [2.05, 4.69) is 40.2 Å². The van der Waals surface area contributed by atoms with Gasteiger partial charge in [-0.3, -0.25) is 9.59 Å². The second kappa shape index (κ2) is 5.67. The molecule has 3 aromatic rings. The Bertz CT molecular complexity index is 1170. The van der Waals surface area contributed by atoms with Crippen molar-refractivity contribution in [2.45, 2.75) is 17.2 Å². The van der Waals surface area contributed by atoms with E-state index in [1.165, 1.54) is 4.90 Å². The first kappa shape index (κ1) is 17.2. The molecule has 3 nitrogen and oxygen atoms in total. The van der Waals surface area contributed by atoms with E-state index in [9.17, 15) is 9.59 Å². The molecular formula is C25H18BrNO2. The first-order chi connectivity index (χ1) is 14.0. The third-order valence-corrected chi connectivity index (χ3v) is 8.12. The number of imide groups is 1. The first-order valence-corrected chi connectivity index (χ1v) is 10.6. The third-order valence-electron chi connectivity index (χ3n) is 6.77. The number of anilines is 1. The average Bonchev–Trinajstić information content (AvgIpc) is 3.00. The van der Waals surface area contributed by atoms with Crippen LogP contribution in [-0.2, 0) is 13.9 Å². The maximum absolute atomic E-state index is 13.8. The van der Waals surface area contributed by atoms with Gasteiger partial charge >= 0.3 is 0 Å². The Morgan fingerprint density at radius 1 is 0.828 bits per heavy atom. The van der Waals surface area contributed by atoms with E-state index >= 15 is 0 Å². The summed E-state index contributed by atoms with van der Waals surface area (Å²) in [4.78, 5) is 28.9. The fraction of sp³-hybridized carbons (Fsp3) is 0.200. The zero-order chi connectivity index (χ0) is 19.9. The number of carbonyl (C=O) groups excluding carboxylic acids is 2. The van der Waals surface area contributed by atoms with Crippen molar-refractivity contribution in [2.75, 3.05) is 4.90 Å². The maximum atomic E-state index is 13.8. The summed E-state index contributed by atoms with van der Waals surface area (Å²) in [5, 5.41) is 0. The van der Waals surface area contributed by atoms with Crippen LogP contribution in [0.2, 0.25) is 0 Å². The number of nitrogens with zero attached hydrogens (tertiary/aromatic N) is 1. The molecule has 2 atom stereocenters. The van der Waals surface area contributed by atoms with E-state index in [0.29, 0.717) is 5.69 Å². The normalized spacial score (nSPS) is 28.9. The third kappa shape index (κ3) is 1.98. The molecule has 1 heterocycles. The minimum atomic E-state index is -0.690. The lowest BCUT2D eigenvalue weighted by molar-refractivity contribution is -0.122. The van der Waals surface area contributed by atoms with Crippen LogP contribution >= 0.6 is 15.9 Å². The summed E-state index contributed by atoms with van der Waals surface area (Å²) in [6.07, 6.45) is 0. The smallest absolute Gasteiger partial charge is 0.239 e. The monoisotopic (exact) mass is 443 g/mol. The molecule has 29 heavy (non-hydrogen) atoms. The van der Waals surface area contributed by atoms with E-state index in [1.807, 2.05) is 55.5 Å². The fourth-order valence-electron chi connectivity index (χ4n) is 5.70. The zero-order valence-electron chi connectivity index (χ0n) is 15.8. The van der Waals surface area contributed by atoms with Gasteiger partial charge in [-0.25, -0.2) is 4.90 Å². The molecule has 2 amide bonds. The van der Waals surface area contributed by atoms with Gasteiger partial charge in [-0.2, -0.15) is 0 Å². The van der Waals surface area contributed by atoms with Crippen LogP contribution in [0.5, 0.6) is 0 Å². The van der Waals surface area contributed by atoms with Gasteiger partial charge in [0.05, 0.1) is 21.8 Å². The van der Waals surface area contributed by atoms with Crippen LogP contribution < -0.4 is 4.90 Å². The van der Waals surface area contributed by atoms with Gasteiger partial charge < -0.3 is 0 Å².